The summed E-state index contributed by atoms with van der Waals surface area (Å²) in [4.78, 5) is 0. The minimum atomic E-state index is 0.583. The lowest BCUT2D eigenvalue weighted by molar-refractivity contribution is 0.0904. The van der Waals surface area contributed by atoms with Gasteiger partial charge in [0.15, 0.2) is 7.28 Å². The van der Waals surface area contributed by atoms with Gasteiger partial charge in [-0.05, 0) is 31.4 Å². The third-order valence-corrected chi connectivity index (χ3v) is 3.28. The highest BCUT2D eigenvalue weighted by Gasteiger charge is 2.13. The highest BCUT2D eigenvalue weighted by atomic mass is 16.5. The van der Waals surface area contributed by atoms with E-state index in [1.807, 2.05) is 0 Å². The molecule has 1 N–H and O–H groups in total. The van der Waals surface area contributed by atoms with Gasteiger partial charge in [-0.2, -0.15) is 0 Å². The number of nitrogens with one attached hydrogen (secondary N) is 1. The minimum Gasteiger partial charge on any atom is -0.382 e. The number of hydrogen-bond acceptors (Lipinski definition) is 2. The molecule has 2 nitrogen and oxygen atoms in total. The van der Waals surface area contributed by atoms with E-state index in [0.717, 1.165) is 33.3 Å². The molecule has 0 atom stereocenters. The van der Waals surface area contributed by atoms with E-state index in [-0.39, 0.29) is 0 Å². The maximum Gasteiger partial charge on any atom is 0.154 e. The molecule has 1 saturated heterocycles. The molecule has 1 aliphatic heterocycles. The summed E-state index contributed by atoms with van der Waals surface area (Å²) < 4.78 is 5.36. The topological polar surface area (TPSA) is 21.3 Å². The van der Waals surface area contributed by atoms with Crippen LogP contribution < -0.4 is 10.8 Å². The third kappa shape index (κ3) is 2.79. The molecule has 0 radical (unpaired) electrons. The molecule has 0 unspecified atom stereocenters. The van der Waals surface area contributed by atoms with E-state index in [4.69, 9.17) is 4.74 Å². The molecule has 1 heterocycles. The van der Waals surface area contributed by atoms with Crippen LogP contribution in [-0.4, -0.2) is 26.5 Å². The average Bonchev–Trinajstić information content (AvgIpc) is 2.33. The van der Waals surface area contributed by atoms with E-state index in [1.54, 1.807) is 0 Å². The van der Waals surface area contributed by atoms with Gasteiger partial charge in [-0.15, -0.1) is 0 Å². The summed E-state index contributed by atoms with van der Waals surface area (Å²) in [6, 6.07) is 7.29. The van der Waals surface area contributed by atoms with Crippen molar-refractivity contribution in [3.05, 3.63) is 23.8 Å². The fourth-order valence-corrected chi connectivity index (χ4v) is 2.17. The van der Waals surface area contributed by atoms with Gasteiger partial charge in [-0.25, -0.2) is 0 Å². The number of ether oxygens (including phenoxy) is 1. The maximum absolute atomic E-state index is 5.36. The summed E-state index contributed by atoms with van der Waals surface area (Å²) in [5, 5.41) is 3.62. The Morgan fingerprint density at radius 3 is 2.69 bits per heavy atom. The number of rotatable bonds is 3. The van der Waals surface area contributed by atoms with Crippen LogP contribution in [0.25, 0.3) is 0 Å². The van der Waals surface area contributed by atoms with Crippen molar-refractivity contribution in [3.63, 3.8) is 0 Å². The summed E-state index contributed by atoms with van der Waals surface area (Å²) in [5.41, 5.74) is 4.05. The molecular formula is C13H20BNO. The molecule has 0 bridgehead atoms. The SMILES string of the molecule is CBc1ccc(NC2CCOCC2)c(C)c1. The monoisotopic (exact) mass is 217 g/mol. The number of anilines is 1. The Kier molecular flexibility index (Phi) is 3.89. The van der Waals surface area contributed by atoms with Gasteiger partial charge in [0.2, 0.25) is 0 Å². The molecule has 3 heteroatoms. The van der Waals surface area contributed by atoms with E-state index in [0.29, 0.717) is 6.04 Å². The first kappa shape index (κ1) is 11.5. The van der Waals surface area contributed by atoms with Gasteiger partial charge >= 0.3 is 0 Å². The number of aryl methyl sites for hydroxylation is 1. The Bertz CT molecular complexity index is 348. The first-order chi connectivity index (χ1) is 7.79. The molecule has 0 spiro atoms. The van der Waals surface area contributed by atoms with Crippen LogP contribution in [0, 0.1) is 6.92 Å². The lowest BCUT2D eigenvalue weighted by atomic mass is 9.73. The van der Waals surface area contributed by atoms with Crippen LogP contribution in [0.4, 0.5) is 5.69 Å². The van der Waals surface area contributed by atoms with E-state index in [2.05, 4.69) is 37.3 Å². The van der Waals surface area contributed by atoms with Crippen molar-refractivity contribution in [3.8, 4) is 0 Å². The van der Waals surface area contributed by atoms with Crippen LogP contribution in [0.1, 0.15) is 18.4 Å². The fourth-order valence-electron chi connectivity index (χ4n) is 2.17. The summed E-state index contributed by atoms with van der Waals surface area (Å²) >= 11 is 0. The van der Waals surface area contributed by atoms with E-state index in [9.17, 15) is 0 Å². The van der Waals surface area contributed by atoms with Gasteiger partial charge in [0.1, 0.15) is 0 Å². The van der Waals surface area contributed by atoms with Crippen LogP contribution in [0.3, 0.4) is 0 Å². The van der Waals surface area contributed by atoms with Crippen molar-refractivity contribution in [1.82, 2.24) is 0 Å². The predicted octanol–water partition coefficient (Wildman–Crippen LogP) is 1.70. The Morgan fingerprint density at radius 1 is 1.31 bits per heavy atom. The molecule has 0 saturated carbocycles. The molecule has 16 heavy (non-hydrogen) atoms. The van der Waals surface area contributed by atoms with Gasteiger partial charge in [0, 0.05) is 24.9 Å². The van der Waals surface area contributed by atoms with Crippen molar-refractivity contribution in [1.29, 1.82) is 0 Å². The maximum atomic E-state index is 5.36. The Morgan fingerprint density at radius 2 is 2.06 bits per heavy atom. The molecule has 1 aliphatic rings. The van der Waals surface area contributed by atoms with Crippen molar-refractivity contribution >= 4 is 18.4 Å². The van der Waals surface area contributed by atoms with Crippen molar-refractivity contribution < 1.29 is 4.74 Å². The number of benzene rings is 1. The summed E-state index contributed by atoms with van der Waals surface area (Å²) in [6.45, 7) is 6.16. The lowest BCUT2D eigenvalue weighted by Crippen LogP contribution is -2.28. The molecule has 2 rings (SSSR count). The molecule has 86 valence electrons. The molecule has 0 aliphatic carbocycles. The zero-order chi connectivity index (χ0) is 11.4. The summed E-state index contributed by atoms with van der Waals surface area (Å²) in [5.74, 6) is 0. The molecule has 0 amide bonds. The highest BCUT2D eigenvalue weighted by Crippen LogP contribution is 2.17. The standard InChI is InChI=1S/C13H20BNO/c1-10-9-11(14-2)3-4-13(10)15-12-5-7-16-8-6-12/h3-4,9,12,14-15H,5-8H2,1-2H3. The van der Waals surface area contributed by atoms with E-state index in [1.165, 1.54) is 16.7 Å². The second-order valence-electron chi connectivity index (χ2n) is 4.53. The second kappa shape index (κ2) is 5.40. The van der Waals surface area contributed by atoms with Crippen molar-refractivity contribution in [2.75, 3.05) is 18.5 Å². The van der Waals surface area contributed by atoms with Crippen LogP contribution in [0.15, 0.2) is 18.2 Å². The minimum absolute atomic E-state index is 0.583. The van der Waals surface area contributed by atoms with Gasteiger partial charge in [0.05, 0.1) is 0 Å². The number of hydrogen-bond donors (Lipinski definition) is 1. The van der Waals surface area contributed by atoms with Gasteiger partial charge in [-0.1, -0.05) is 24.4 Å². The summed E-state index contributed by atoms with van der Waals surface area (Å²) in [6.07, 6.45) is 2.24. The van der Waals surface area contributed by atoms with Gasteiger partial charge < -0.3 is 10.1 Å². The smallest absolute Gasteiger partial charge is 0.154 e. The predicted molar refractivity (Wildman–Crippen MR) is 71.3 cm³/mol. The van der Waals surface area contributed by atoms with Gasteiger partial charge in [0.25, 0.3) is 0 Å². The zero-order valence-corrected chi connectivity index (χ0v) is 10.3. The molecule has 0 aromatic heterocycles. The molecular weight excluding hydrogens is 197 g/mol. The summed E-state index contributed by atoms with van der Waals surface area (Å²) in [7, 11) is 1.11. The van der Waals surface area contributed by atoms with Crippen LogP contribution >= 0.6 is 0 Å². The quantitative estimate of drug-likeness (QED) is 0.778. The third-order valence-electron chi connectivity index (χ3n) is 3.28. The average molecular weight is 217 g/mol. The van der Waals surface area contributed by atoms with Crippen LogP contribution in [0.5, 0.6) is 0 Å². The van der Waals surface area contributed by atoms with Crippen molar-refractivity contribution in [2.24, 2.45) is 0 Å². The van der Waals surface area contributed by atoms with Gasteiger partial charge in [-0.3, -0.25) is 0 Å². The highest BCUT2D eigenvalue weighted by molar-refractivity contribution is 6.51. The molecule has 1 aromatic rings. The Balaban J connectivity index is 2.03. The second-order valence-corrected chi connectivity index (χ2v) is 4.53. The largest absolute Gasteiger partial charge is 0.382 e. The van der Waals surface area contributed by atoms with E-state index >= 15 is 0 Å². The first-order valence-corrected chi connectivity index (χ1v) is 6.23. The van der Waals surface area contributed by atoms with E-state index < -0.39 is 0 Å². The zero-order valence-electron chi connectivity index (χ0n) is 10.3. The Labute approximate surface area is 98.6 Å². The van der Waals surface area contributed by atoms with Crippen LogP contribution in [-0.2, 0) is 4.74 Å². The van der Waals surface area contributed by atoms with Crippen molar-refractivity contribution in [2.45, 2.75) is 32.6 Å². The molecule has 1 fully saturated rings. The molecule has 1 aromatic carbocycles. The normalized spacial score (nSPS) is 17.1. The Hall–Kier alpha value is -0.955. The first-order valence-electron chi connectivity index (χ1n) is 6.23. The lowest BCUT2D eigenvalue weighted by Gasteiger charge is -2.25. The van der Waals surface area contributed by atoms with Crippen LogP contribution in [0.2, 0.25) is 6.82 Å². The fraction of sp³-hybridized carbons (Fsp3) is 0.538.